The van der Waals surface area contributed by atoms with Crippen molar-refractivity contribution in [1.29, 1.82) is 0 Å². The number of amides is 2. The maximum atomic E-state index is 13.8. The molecule has 0 aliphatic rings. The van der Waals surface area contributed by atoms with Crippen LogP contribution < -0.4 is 19.1 Å². The molecule has 0 fully saturated rings. The fourth-order valence-corrected chi connectivity index (χ4v) is 4.82. The molecule has 2 amide bonds. The van der Waals surface area contributed by atoms with Crippen LogP contribution in [0.4, 0.5) is 11.4 Å². The molecule has 1 N–H and O–H groups in total. The van der Waals surface area contributed by atoms with Gasteiger partial charge in [-0.2, -0.15) is 0 Å². The highest BCUT2D eigenvalue weighted by Gasteiger charge is 2.33. The van der Waals surface area contributed by atoms with Crippen molar-refractivity contribution < 1.29 is 32.4 Å². The first-order chi connectivity index (χ1) is 18.5. The first-order valence-corrected chi connectivity index (χ1v) is 14.3. The summed E-state index contributed by atoms with van der Waals surface area (Å²) in [6.45, 7) is 3.48. The van der Waals surface area contributed by atoms with Gasteiger partial charge in [-0.15, -0.1) is 0 Å². The lowest BCUT2D eigenvalue weighted by Gasteiger charge is -2.33. The summed E-state index contributed by atoms with van der Waals surface area (Å²) in [5.41, 5.74) is 0.132. The zero-order valence-corrected chi connectivity index (χ0v) is 23.7. The van der Waals surface area contributed by atoms with Crippen LogP contribution in [0.25, 0.3) is 0 Å². The van der Waals surface area contributed by atoms with Crippen LogP contribution >= 0.6 is 0 Å². The summed E-state index contributed by atoms with van der Waals surface area (Å²) >= 11 is 0. The van der Waals surface area contributed by atoms with E-state index >= 15 is 0 Å². The SMILES string of the molecule is CCCCNC(=O)[C@H](CC)N(Cc1cccc(OC)c1)C(=O)CN(c1cc([N+](=O)[O-])ccc1OC)S(C)(=O)=O. The van der Waals surface area contributed by atoms with Crippen molar-refractivity contribution in [3.8, 4) is 11.5 Å². The highest BCUT2D eigenvalue weighted by molar-refractivity contribution is 7.92. The third kappa shape index (κ3) is 8.57. The molecule has 2 aromatic rings. The first kappa shape index (κ1) is 31.3. The average molecular weight is 565 g/mol. The van der Waals surface area contributed by atoms with Crippen LogP contribution in [0.5, 0.6) is 11.5 Å². The summed E-state index contributed by atoms with van der Waals surface area (Å²) in [7, 11) is -1.32. The summed E-state index contributed by atoms with van der Waals surface area (Å²) < 4.78 is 37.0. The van der Waals surface area contributed by atoms with Crippen LogP contribution in [0.3, 0.4) is 0 Å². The molecule has 0 unspecified atom stereocenters. The van der Waals surface area contributed by atoms with Crippen LogP contribution in [0.2, 0.25) is 0 Å². The summed E-state index contributed by atoms with van der Waals surface area (Å²) in [5, 5.41) is 14.2. The highest BCUT2D eigenvalue weighted by atomic mass is 32.2. The van der Waals surface area contributed by atoms with Gasteiger partial charge in [0.1, 0.15) is 29.8 Å². The summed E-state index contributed by atoms with van der Waals surface area (Å²) in [4.78, 5) is 39.0. The lowest BCUT2D eigenvalue weighted by Crippen LogP contribution is -2.52. The number of non-ortho nitro benzene ring substituents is 1. The molecule has 0 bridgehead atoms. The predicted molar refractivity (Wildman–Crippen MR) is 147 cm³/mol. The number of sulfonamides is 1. The van der Waals surface area contributed by atoms with E-state index in [1.165, 1.54) is 31.3 Å². The van der Waals surface area contributed by atoms with Crippen LogP contribution in [0.15, 0.2) is 42.5 Å². The van der Waals surface area contributed by atoms with Gasteiger partial charge >= 0.3 is 0 Å². The third-order valence-electron chi connectivity index (χ3n) is 6.02. The van der Waals surface area contributed by atoms with Gasteiger partial charge in [0.15, 0.2) is 0 Å². The Labute approximate surface area is 229 Å². The number of rotatable bonds is 15. The molecular formula is C26H36N4O8S. The Kier molecular flexibility index (Phi) is 11.5. The van der Waals surface area contributed by atoms with E-state index in [9.17, 15) is 28.1 Å². The van der Waals surface area contributed by atoms with Crippen molar-refractivity contribution in [3.05, 3.63) is 58.1 Å². The number of nitrogens with zero attached hydrogens (tertiary/aromatic N) is 3. The number of carbonyl (C=O) groups excluding carboxylic acids is 2. The van der Waals surface area contributed by atoms with Gasteiger partial charge in [-0.05, 0) is 36.6 Å². The van der Waals surface area contributed by atoms with E-state index in [2.05, 4.69) is 5.32 Å². The molecule has 0 aliphatic heterocycles. The van der Waals surface area contributed by atoms with Gasteiger partial charge in [-0.25, -0.2) is 8.42 Å². The lowest BCUT2D eigenvalue weighted by atomic mass is 10.1. The van der Waals surface area contributed by atoms with E-state index in [-0.39, 0.29) is 36.0 Å². The number of unbranched alkanes of at least 4 members (excludes halogenated alkanes) is 1. The Bertz CT molecular complexity index is 1270. The molecule has 0 spiro atoms. The van der Waals surface area contributed by atoms with Crippen molar-refractivity contribution in [2.24, 2.45) is 0 Å². The fraction of sp³-hybridized carbons (Fsp3) is 0.462. The van der Waals surface area contributed by atoms with Crippen molar-refractivity contribution in [1.82, 2.24) is 10.2 Å². The second-order valence-corrected chi connectivity index (χ2v) is 10.7. The maximum absolute atomic E-state index is 13.8. The highest BCUT2D eigenvalue weighted by Crippen LogP contribution is 2.34. The molecule has 13 heteroatoms. The number of hydrogen-bond acceptors (Lipinski definition) is 8. The monoisotopic (exact) mass is 564 g/mol. The van der Waals surface area contributed by atoms with Gasteiger partial charge < -0.3 is 19.7 Å². The van der Waals surface area contributed by atoms with Crippen molar-refractivity contribution in [2.75, 3.05) is 37.9 Å². The largest absolute Gasteiger partial charge is 0.497 e. The standard InChI is InChI=1S/C26H36N4O8S/c1-6-8-14-27-26(32)22(7-2)28(17-19-10-9-11-21(15-19)37-3)25(31)18-29(39(5,35)36)23-16-20(30(33)34)12-13-24(23)38-4/h9-13,15-16,22H,6-8,14,17-18H2,1-5H3,(H,27,32)/t22-/m0/s1. The minimum atomic E-state index is -4.11. The molecule has 0 aliphatic carbocycles. The molecule has 0 radical (unpaired) electrons. The van der Waals surface area contributed by atoms with Gasteiger partial charge in [-0.1, -0.05) is 32.4 Å². The van der Waals surface area contributed by atoms with E-state index in [0.717, 1.165) is 29.5 Å². The Morgan fingerprint density at radius 3 is 2.38 bits per heavy atom. The molecule has 1 atom stereocenters. The van der Waals surface area contributed by atoms with Crippen LogP contribution in [-0.4, -0.2) is 69.7 Å². The quantitative estimate of drug-likeness (QED) is 0.197. The summed E-state index contributed by atoms with van der Waals surface area (Å²) in [6.07, 6.45) is 2.80. The number of ether oxygens (including phenoxy) is 2. The van der Waals surface area contributed by atoms with Crippen LogP contribution in [-0.2, 0) is 26.2 Å². The van der Waals surface area contributed by atoms with E-state index in [1.807, 2.05) is 6.92 Å². The third-order valence-corrected chi connectivity index (χ3v) is 7.15. The number of methoxy groups -OCH3 is 2. The summed E-state index contributed by atoms with van der Waals surface area (Å²) in [6, 6.07) is 9.55. The maximum Gasteiger partial charge on any atom is 0.271 e. The molecule has 2 aromatic carbocycles. The first-order valence-electron chi connectivity index (χ1n) is 12.5. The fourth-order valence-electron chi connectivity index (χ4n) is 3.97. The molecule has 2 rings (SSSR count). The lowest BCUT2D eigenvalue weighted by molar-refractivity contribution is -0.384. The van der Waals surface area contributed by atoms with Gasteiger partial charge in [0.05, 0.1) is 25.4 Å². The van der Waals surface area contributed by atoms with E-state index < -0.39 is 33.4 Å². The van der Waals surface area contributed by atoms with Gasteiger partial charge in [0.2, 0.25) is 21.8 Å². The Morgan fingerprint density at radius 1 is 1.10 bits per heavy atom. The molecule has 39 heavy (non-hydrogen) atoms. The number of hydrogen-bond donors (Lipinski definition) is 1. The average Bonchev–Trinajstić information content (AvgIpc) is 2.90. The predicted octanol–water partition coefficient (Wildman–Crippen LogP) is 3.10. The van der Waals surface area contributed by atoms with Crippen LogP contribution in [0.1, 0.15) is 38.7 Å². The second-order valence-electron chi connectivity index (χ2n) is 8.82. The topological polar surface area (TPSA) is 148 Å². The zero-order valence-electron chi connectivity index (χ0n) is 22.9. The smallest absolute Gasteiger partial charge is 0.271 e. The number of benzene rings is 2. The van der Waals surface area contributed by atoms with Gasteiger partial charge in [-0.3, -0.25) is 24.0 Å². The number of nitro benzene ring substituents is 1. The van der Waals surface area contributed by atoms with Crippen LogP contribution in [0, 0.1) is 10.1 Å². The molecule has 12 nitrogen and oxygen atoms in total. The number of anilines is 1. The van der Waals surface area contributed by atoms with Crippen molar-refractivity contribution in [3.63, 3.8) is 0 Å². The molecule has 0 aromatic heterocycles. The summed E-state index contributed by atoms with van der Waals surface area (Å²) in [5.74, 6) is -0.447. The van der Waals surface area contributed by atoms with Crippen molar-refractivity contribution >= 4 is 33.2 Å². The van der Waals surface area contributed by atoms with Gasteiger partial charge in [0.25, 0.3) is 5.69 Å². The van der Waals surface area contributed by atoms with Gasteiger partial charge in [0, 0.05) is 25.2 Å². The van der Waals surface area contributed by atoms with Crippen molar-refractivity contribution in [2.45, 2.75) is 45.7 Å². The van der Waals surface area contributed by atoms with E-state index in [1.54, 1.807) is 31.2 Å². The molecular weight excluding hydrogens is 528 g/mol. The minimum Gasteiger partial charge on any atom is -0.497 e. The molecule has 214 valence electrons. The normalized spacial score (nSPS) is 11.8. The number of nitrogens with one attached hydrogen (secondary N) is 1. The minimum absolute atomic E-state index is 0.000583. The number of nitro groups is 1. The Morgan fingerprint density at radius 2 is 1.82 bits per heavy atom. The molecule has 0 saturated carbocycles. The molecule has 0 saturated heterocycles. The molecule has 0 heterocycles. The van der Waals surface area contributed by atoms with E-state index in [4.69, 9.17) is 9.47 Å². The van der Waals surface area contributed by atoms with E-state index in [0.29, 0.717) is 17.9 Å². The second kappa shape index (κ2) is 14.3. The Balaban J connectivity index is 2.54. The number of carbonyl (C=O) groups is 2. The Hall–Kier alpha value is -3.87. The zero-order chi connectivity index (χ0) is 29.2.